The van der Waals surface area contributed by atoms with Crippen molar-refractivity contribution >= 4 is 15.9 Å². The van der Waals surface area contributed by atoms with Gasteiger partial charge in [0.1, 0.15) is 0 Å². The van der Waals surface area contributed by atoms with E-state index >= 15 is 0 Å². The van der Waals surface area contributed by atoms with E-state index in [1.807, 2.05) is 0 Å². The van der Waals surface area contributed by atoms with Crippen molar-refractivity contribution in [3.63, 3.8) is 0 Å². The first-order valence-corrected chi connectivity index (χ1v) is 8.12. The molecule has 1 heterocycles. The lowest BCUT2D eigenvalue weighted by Gasteiger charge is -2.31. The third-order valence-electron chi connectivity index (χ3n) is 3.48. The number of piperidine rings is 1. The number of aliphatic hydroxyl groups excluding tert-OH is 1. The Labute approximate surface area is 123 Å². The number of hydrogen-bond donors (Lipinski definition) is 2. The minimum atomic E-state index is -3.72. The molecule has 0 spiro atoms. The average Bonchev–Trinajstić information content (AvgIpc) is 2.49. The van der Waals surface area contributed by atoms with Crippen LogP contribution in [0.4, 0.5) is 10.1 Å². The van der Waals surface area contributed by atoms with Gasteiger partial charge >= 0.3 is 10.2 Å². The molecular formula is C13H19FN2O4S. The molecule has 1 aromatic rings. The van der Waals surface area contributed by atoms with E-state index < -0.39 is 16.0 Å². The standard InChI is InChI=1S/C13H19FN2O4S/c1-20-13-7-11(4-5-12(13)14)15-21(18,19)16-6-2-3-10(8-16)9-17/h4-5,7,10,15,17H,2-3,6,8-9H2,1H3. The van der Waals surface area contributed by atoms with Crippen molar-refractivity contribution in [2.75, 3.05) is 31.5 Å². The van der Waals surface area contributed by atoms with E-state index in [9.17, 15) is 12.8 Å². The Kier molecular flexibility index (Phi) is 5.02. The Hall–Kier alpha value is -1.38. The van der Waals surface area contributed by atoms with Gasteiger partial charge in [0.2, 0.25) is 0 Å². The fraction of sp³-hybridized carbons (Fsp3) is 0.538. The Bertz CT molecular complexity index is 594. The lowest BCUT2D eigenvalue weighted by atomic mass is 10.0. The summed E-state index contributed by atoms with van der Waals surface area (Å²) in [5.74, 6) is -0.626. The highest BCUT2D eigenvalue weighted by Crippen LogP contribution is 2.24. The van der Waals surface area contributed by atoms with Crippen LogP contribution in [0.25, 0.3) is 0 Å². The Morgan fingerprint density at radius 2 is 2.29 bits per heavy atom. The molecule has 8 heteroatoms. The van der Waals surface area contributed by atoms with Crippen LogP contribution in [0.2, 0.25) is 0 Å². The van der Waals surface area contributed by atoms with Gasteiger partial charge in [-0.2, -0.15) is 12.7 Å². The number of anilines is 1. The average molecular weight is 318 g/mol. The maximum Gasteiger partial charge on any atom is 0.301 e. The summed E-state index contributed by atoms with van der Waals surface area (Å²) in [4.78, 5) is 0. The van der Waals surface area contributed by atoms with Gasteiger partial charge in [-0.05, 0) is 30.9 Å². The molecule has 0 aliphatic carbocycles. The normalized spacial score (nSPS) is 20.2. The Morgan fingerprint density at radius 3 is 2.95 bits per heavy atom. The number of aliphatic hydroxyl groups is 1. The number of nitrogens with zero attached hydrogens (tertiary/aromatic N) is 1. The highest BCUT2D eigenvalue weighted by Gasteiger charge is 2.28. The molecule has 0 saturated carbocycles. The molecular weight excluding hydrogens is 299 g/mol. The van der Waals surface area contributed by atoms with E-state index in [2.05, 4.69) is 4.72 Å². The summed E-state index contributed by atoms with van der Waals surface area (Å²) in [5.41, 5.74) is 0.236. The van der Waals surface area contributed by atoms with Crippen LogP contribution in [0.3, 0.4) is 0 Å². The molecule has 1 aliphatic rings. The van der Waals surface area contributed by atoms with Crippen molar-refractivity contribution < 1.29 is 22.7 Å². The van der Waals surface area contributed by atoms with Gasteiger partial charge in [0.25, 0.3) is 0 Å². The first kappa shape index (κ1) is 16.0. The minimum Gasteiger partial charge on any atom is -0.494 e. The first-order chi connectivity index (χ1) is 9.96. The van der Waals surface area contributed by atoms with E-state index in [0.29, 0.717) is 13.0 Å². The van der Waals surface area contributed by atoms with Gasteiger partial charge in [-0.15, -0.1) is 0 Å². The zero-order valence-electron chi connectivity index (χ0n) is 11.8. The molecule has 0 bridgehead atoms. The number of hydrogen-bond acceptors (Lipinski definition) is 4. The van der Waals surface area contributed by atoms with Crippen LogP contribution in [0.1, 0.15) is 12.8 Å². The maximum atomic E-state index is 13.3. The molecule has 0 radical (unpaired) electrons. The van der Waals surface area contributed by atoms with Crippen LogP contribution in [-0.4, -0.2) is 44.6 Å². The third kappa shape index (κ3) is 3.84. The number of ether oxygens (including phenoxy) is 1. The Morgan fingerprint density at radius 1 is 1.52 bits per heavy atom. The molecule has 1 atom stereocenters. The van der Waals surface area contributed by atoms with E-state index in [4.69, 9.17) is 9.84 Å². The summed E-state index contributed by atoms with van der Waals surface area (Å²) in [6.45, 7) is 0.657. The molecule has 21 heavy (non-hydrogen) atoms. The predicted octanol–water partition coefficient (Wildman–Crippen LogP) is 1.20. The van der Waals surface area contributed by atoms with Crippen molar-refractivity contribution in [3.05, 3.63) is 24.0 Å². The maximum absolute atomic E-state index is 13.3. The summed E-state index contributed by atoms with van der Waals surface area (Å²) in [7, 11) is -2.41. The minimum absolute atomic E-state index is 0.0259. The summed E-state index contributed by atoms with van der Waals surface area (Å²) < 4.78 is 46.4. The van der Waals surface area contributed by atoms with Gasteiger partial charge < -0.3 is 9.84 Å². The number of benzene rings is 1. The van der Waals surface area contributed by atoms with Crippen LogP contribution in [0.5, 0.6) is 5.75 Å². The first-order valence-electron chi connectivity index (χ1n) is 6.68. The number of rotatable bonds is 5. The lowest BCUT2D eigenvalue weighted by Crippen LogP contribution is -2.43. The zero-order valence-corrected chi connectivity index (χ0v) is 12.6. The molecule has 2 rings (SSSR count). The number of nitrogens with one attached hydrogen (secondary N) is 1. The highest BCUT2D eigenvalue weighted by molar-refractivity contribution is 7.90. The van der Waals surface area contributed by atoms with Gasteiger partial charge in [0.15, 0.2) is 11.6 Å². The van der Waals surface area contributed by atoms with Crippen molar-refractivity contribution in [1.82, 2.24) is 4.31 Å². The molecule has 2 N–H and O–H groups in total. The quantitative estimate of drug-likeness (QED) is 0.855. The lowest BCUT2D eigenvalue weighted by molar-refractivity contribution is 0.166. The number of halogens is 1. The van der Waals surface area contributed by atoms with Gasteiger partial charge in [0.05, 0.1) is 12.8 Å². The molecule has 118 valence electrons. The van der Waals surface area contributed by atoms with E-state index in [-0.39, 0.29) is 30.5 Å². The second-order valence-corrected chi connectivity index (χ2v) is 6.68. The van der Waals surface area contributed by atoms with Crippen molar-refractivity contribution in [2.45, 2.75) is 12.8 Å². The molecule has 1 unspecified atom stereocenters. The van der Waals surface area contributed by atoms with E-state index in [0.717, 1.165) is 12.5 Å². The van der Waals surface area contributed by atoms with E-state index in [1.165, 1.54) is 23.5 Å². The largest absolute Gasteiger partial charge is 0.494 e. The van der Waals surface area contributed by atoms with Crippen LogP contribution >= 0.6 is 0 Å². The fourth-order valence-corrected chi connectivity index (χ4v) is 3.66. The fourth-order valence-electron chi connectivity index (χ4n) is 2.33. The molecule has 1 aliphatic heterocycles. The summed E-state index contributed by atoms with van der Waals surface area (Å²) in [6, 6.07) is 3.77. The molecule has 1 fully saturated rings. The molecule has 1 aromatic carbocycles. The SMILES string of the molecule is COc1cc(NS(=O)(=O)N2CCCC(CO)C2)ccc1F. The molecule has 1 saturated heterocycles. The van der Waals surface area contributed by atoms with Crippen LogP contribution in [0, 0.1) is 11.7 Å². The van der Waals surface area contributed by atoms with Gasteiger partial charge in [0, 0.05) is 25.8 Å². The molecule has 0 amide bonds. The van der Waals surface area contributed by atoms with Crippen molar-refractivity contribution in [3.8, 4) is 5.75 Å². The van der Waals surface area contributed by atoms with Crippen LogP contribution in [-0.2, 0) is 10.2 Å². The van der Waals surface area contributed by atoms with Gasteiger partial charge in [-0.3, -0.25) is 4.72 Å². The van der Waals surface area contributed by atoms with Gasteiger partial charge in [-0.1, -0.05) is 0 Å². The predicted molar refractivity (Wildman–Crippen MR) is 76.9 cm³/mol. The third-order valence-corrected chi connectivity index (χ3v) is 4.98. The second-order valence-electron chi connectivity index (χ2n) is 5.01. The molecule has 6 nitrogen and oxygen atoms in total. The topological polar surface area (TPSA) is 78.9 Å². The zero-order chi connectivity index (χ0) is 15.5. The summed E-state index contributed by atoms with van der Waals surface area (Å²) >= 11 is 0. The monoisotopic (exact) mass is 318 g/mol. The number of methoxy groups -OCH3 is 1. The Balaban J connectivity index is 2.13. The van der Waals surface area contributed by atoms with Crippen molar-refractivity contribution in [1.29, 1.82) is 0 Å². The van der Waals surface area contributed by atoms with Gasteiger partial charge in [-0.25, -0.2) is 4.39 Å². The van der Waals surface area contributed by atoms with Crippen LogP contribution in [0.15, 0.2) is 18.2 Å². The highest BCUT2D eigenvalue weighted by atomic mass is 32.2. The van der Waals surface area contributed by atoms with Crippen LogP contribution < -0.4 is 9.46 Å². The van der Waals surface area contributed by atoms with Crippen molar-refractivity contribution in [2.24, 2.45) is 5.92 Å². The smallest absolute Gasteiger partial charge is 0.301 e. The summed E-state index contributed by atoms with van der Waals surface area (Å²) in [5, 5.41) is 9.16. The summed E-state index contributed by atoms with van der Waals surface area (Å²) in [6.07, 6.45) is 1.52. The second kappa shape index (κ2) is 6.59. The van der Waals surface area contributed by atoms with E-state index in [1.54, 1.807) is 0 Å². The molecule has 0 aromatic heterocycles.